The van der Waals surface area contributed by atoms with Crippen LogP contribution in [0.4, 0.5) is 26.3 Å². The van der Waals surface area contributed by atoms with E-state index in [-0.39, 0.29) is 16.9 Å². The number of aryl methyl sites for hydroxylation is 3. The number of rotatable bonds is 12. The van der Waals surface area contributed by atoms with E-state index in [0.717, 1.165) is 45.6 Å². The third-order valence-electron chi connectivity index (χ3n) is 16.4. The molecule has 0 aromatic heterocycles. The van der Waals surface area contributed by atoms with Gasteiger partial charge in [0.1, 0.15) is 34.9 Å². The normalized spacial score (nSPS) is 10.6. The fourth-order valence-corrected chi connectivity index (χ4v) is 11.0. The quantitative estimate of drug-likeness (QED) is 0.107. The van der Waals surface area contributed by atoms with Crippen LogP contribution in [-0.2, 0) is 19.3 Å². The second kappa shape index (κ2) is 39.9. The highest BCUT2D eigenvalue weighted by Crippen LogP contribution is 2.34. The van der Waals surface area contributed by atoms with Gasteiger partial charge in [0.25, 0.3) is 0 Å². The van der Waals surface area contributed by atoms with E-state index in [1.54, 1.807) is 6.07 Å². The Hall–Kier alpha value is -9.00. The Bertz CT molecular complexity index is 4040. The molecule has 0 aliphatic carbocycles. The summed E-state index contributed by atoms with van der Waals surface area (Å²) in [6.45, 7) is 35.9. The summed E-state index contributed by atoms with van der Waals surface area (Å²) in [6, 6.07) is 78.2. The predicted octanol–water partition coefficient (Wildman–Crippen LogP) is 27.3. The van der Waals surface area contributed by atoms with E-state index < -0.39 is 29.1 Å². The molecule has 0 heterocycles. The molecule has 0 amide bonds. The molecular weight excluding hydrogens is 1210 g/mol. The highest BCUT2D eigenvalue weighted by atomic mass is 19.2. The average Bonchev–Trinajstić information content (AvgIpc) is 0.876. The Labute approximate surface area is 578 Å². The predicted molar refractivity (Wildman–Crippen MR) is 404 cm³/mol. The van der Waals surface area contributed by atoms with Crippen LogP contribution in [0.5, 0.6) is 0 Å². The van der Waals surface area contributed by atoms with Crippen molar-refractivity contribution in [2.75, 3.05) is 0 Å². The first-order chi connectivity index (χ1) is 46.1. The number of hydrogen-bond acceptors (Lipinski definition) is 0. The fourth-order valence-electron chi connectivity index (χ4n) is 11.0. The molecule has 11 rings (SSSR count). The average molecular weight is 1310 g/mol. The summed E-state index contributed by atoms with van der Waals surface area (Å²) in [5.74, 6) is -0.337. The number of benzene rings is 11. The van der Waals surface area contributed by atoms with Crippen molar-refractivity contribution in [2.24, 2.45) is 17.8 Å². The topological polar surface area (TPSA) is 0 Å². The van der Waals surface area contributed by atoms with Crippen LogP contribution in [-0.4, -0.2) is 0 Å². The molecule has 0 saturated carbocycles. The first-order valence-electron chi connectivity index (χ1n) is 34.0. The SMILES string of the molecule is Cc1c(C(C)C)cc(-c2ccccc2)cc1C(C)C.Cc1c(F)cc(-c2ccccc2)cc1-c1ccccc1.Cc1c(F)cc(-c2ccccc2)cc1F.Cc1c(F)cc(F)cc1F.Cc1ccc(CC(C)C)cc1.Cc1cccc(CC(C)C)c1.Cc1ccccc1CC(C)C. The highest BCUT2D eigenvalue weighted by Gasteiger charge is 2.15. The Kier molecular flexibility index (Phi) is 32.4. The van der Waals surface area contributed by atoms with Crippen molar-refractivity contribution < 1.29 is 26.3 Å². The molecule has 0 aliphatic heterocycles. The van der Waals surface area contributed by atoms with Gasteiger partial charge in [0.2, 0.25) is 0 Å². The first kappa shape index (κ1) is 78.7. The molecule has 11 aromatic carbocycles. The molecule has 0 atom stereocenters. The fraction of sp³-hybridized carbons (Fsp3) is 0.275. The maximum Gasteiger partial charge on any atom is 0.131 e. The van der Waals surface area contributed by atoms with Gasteiger partial charge < -0.3 is 0 Å². The maximum absolute atomic E-state index is 14.2. The first-order valence-corrected chi connectivity index (χ1v) is 34.0. The van der Waals surface area contributed by atoms with Crippen LogP contribution in [0.3, 0.4) is 0 Å². The van der Waals surface area contributed by atoms with Crippen molar-refractivity contribution in [3.05, 3.63) is 344 Å². The van der Waals surface area contributed by atoms with Gasteiger partial charge in [-0.2, -0.15) is 0 Å². The van der Waals surface area contributed by atoms with E-state index in [2.05, 4.69) is 218 Å². The van der Waals surface area contributed by atoms with Crippen molar-refractivity contribution in [1.82, 2.24) is 0 Å². The molecule has 0 nitrogen and oxygen atoms in total. The Morgan fingerprint density at radius 2 is 0.619 bits per heavy atom. The van der Waals surface area contributed by atoms with Crippen LogP contribution in [0.25, 0.3) is 44.5 Å². The van der Waals surface area contributed by atoms with Crippen LogP contribution in [0.2, 0.25) is 0 Å². The molecule has 11 aromatic rings. The van der Waals surface area contributed by atoms with E-state index in [4.69, 9.17) is 0 Å². The molecular formula is C91H102F6. The van der Waals surface area contributed by atoms with Gasteiger partial charge in [-0.15, -0.1) is 0 Å². The lowest BCUT2D eigenvalue weighted by Crippen LogP contribution is -2.00. The lowest BCUT2D eigenvalue weighted by molar-refractivity contribution is 0.532. The highest BCUT2D eigenvalue weighted by molar-refractivity contribution is 5.76. The summed E-state index contributed by atoms with van der Waals surface area (Å²) >= 11 is 0. The van der Waals surface area contributed by atoms with Gasteiger partial charge in [-0.05, 0) is 211 Å². The van der Waals surface area contributed by atoms with Crippen LogP contribution < -0.4 is 0 Å². The van der Waals surface area contributed by atoms with Crippen molar-refractivity contribution in [3.63, 3.8) is 0 Å². The largest absolute Gasteiger partial charge is 0.207 e. The standard InChI is InChI=1S/C19H15F.C19H24.C13H10F2.3C11H16.C7H5F3/c1-14-18(16-10-6-3-7-11-16)12-17(13-19(14)20)15-8-4-2-5-9-15;1-13(2)18-11-17(16-9-7-6-8-10-16)12-19(14(3)4)15(18)5;1-9-12(14)7-11(8-13(9)15)10-5-3-2-4-6-10;1-9(2)8-11-6-4-10(3)5-7-11;1-9(2)7-11-6-4-5-10(3)8-11;1-9(2)8-11-7-5-4-6-10(11)3;1-4-6(9)2-5(8)3-7(4)10/h2-13H,1H3;6-14H,1-5H3;2-8H,1H3;4-7,9H,8H2,1-3H3;4-6,8-9H,7H2,1-3H3;4-7,9H,8H2,1-3H3;2-3H,1H3. The third-order valence-corrected chi connectivity index (χ3v) is 16.4. The summed E-state index contributed by atoms with van der Waals surface area (Å²) in [5, 5.41) is 0. The minimum Gasteiger partial charge on any atom is -0.207 e. The minimum absolute atomic E-state index is 0.0645. The second-order valence-electron chi connectivity index (χ2n) is 26.9. The van der Waals surface area contributed by atoms with Crippen molar-refractivity contribution in [3.8, 4) is 44.5 Å². The molecule has 0 radical (unpaired) electrons. The zero-order valence-corrected chi connectivity index (χ0v) is 60.4. The van der Waals surface area contributed by atoms with E-state index in [1.165, 1.54) is 106 Å². The molecule has 508 valence electrons. The third kappa shape index (κ3) is 26.5. The molecule has 0 N–H and O–H groups in total. The zero-order chi connectivity index (χ0) is 71.3. The molecule has 0 bridgehead atoms. The number of hydrogen-bond donors (Lipinski definition) is 0. The van der Waals surface area contributed by atoms with Crippen LogP contribution in [0, 0.1) is 101 Å². The van der Waals surface area contributed by atoms with Crippen molar-refractivity contribution in [2.45, 2.75) is 149 Å². The van der Waals surface area contributed by atoms with E-state index >= 15 is 0 Å². The Balaban J connectivity index is 0.000000208. The Morgan fingerprint density at radius 1 is 0.258 bits per heavy atom. The zero-order valence-electron chi connectivity index (χ0n) is 60.4. The van der Waals surface area contributed by atoms with Gasteiger partial charge in [-0.3, -0.25) is 0 Å². The monoisotopic (exact) mass is 1310 g/mol. The Morgan fingerprint density at radius 3 is 1.02 bits per heavy atom. The molecule has 0 aliphatic rings. The van der Waals surface area contributed by atoms with Gasteiger partial charge in [-0.25, -0.2) is 26.3 Å². The van der Waals surface area contributed by atoms with E-state index in [1.807, 2.05) is 97.9 Å². The number of halogens is 6. The lowest BCUT2D eigenvalue weighted by atomic mass is 9.86. The summed E-state index contributed by atoms with van der Waals surface area (Å²) < 4.78 is 77.6. The van der Waals surface area contributed by atoms with Gasteiger partial charge in [0.05, 0.1) is 0 Å². The molecule has 6 heteroatoms. The summed E-state index contributed by atoms with van der Waals surface area (Å²) in [7, 11) is 0. The van der Waals surface area contributed by atoms with Gasteiger partial charge in [0, 0.05) is 23.3 Å². The summed E-state index contributed by atoms with van der Waals surface area (Å²) in [5.41, 5.74) is 21.5. The van der Waals surface area contributed by atoms with Gasteiger partial charge >= 0.3 is 0 Å². The molecule has 0 spiro atoms. The summed E-state index contributed by atoms with van der Waals surface area (Å²) in [4.78, 5) is 0. The molecule has 0 fully saturated rings. The van der Waals surface area contributed by atoms with Crippen molar-refractivity contribution >= 4 is 0 Å². The minimum atomic E-state index is -0.888. The van der Waals surface area contributed by atoms with Crippen LogP contribution in [0.15, 0.2) is 243 Å². The summed E-state index contributed by atoms with van der Waals surface area (Å²) in [6.07, 6.45) is 3.59. The van der Waals surface area contributed by atoms with Crippen LogP contribution in [0.1, 0.15) is 148 Å². The molecule has 0 saturated heterocycles. The van der Waals surface area contributed by atoms with E-state index in [0.29, 0.717) is 35.1 Å². The second-order valence-corrected chi connectivity index (χ2v) is 26.9. The van der Waals surface area contributed by atoms with Gasteiger partial charge in [-0.1, -0.05) is 287 Å². The van der Waals surface area contributed by atoms with Crippen molar-refractivity contribution in [1.29, 1.82) is 0 Å². The van der Waals surface area contributed by atoms with Crippen LogP contribution >= 0.6 is 0 Å². The molecule has 97 heavy (non-hydrogen) atoms. The lowest BCUT2D eigenvalue weighted by Gasteiger charge is -2.19. The molecule has 0 unspecified atom stereocenters. The smallest absolute Gasteiger partial charge is 0.131 e. The van der Waals surface area contributed by atoms with Gasteiger partial charge in [0.15, 0.2) is 0 Å². The van der Waals surface area contributed by atoms with E-state index in [9.17, 15) is 26.3 Å². The maximum atomic E-state index is 14.2.